The van der Waals surface area contributed by atoms with E-state index in [-0.39, 0.29) is 5.41 Å². The predicted molar refractivity (Wildman–Crippen MR) is 134 cm³/mol. The fraction of sp³-hybridized carbons (Fsp3) is 0.966. The summed E-state index contributed by atoms with van der Waals surface area (Å²) in [5.74, 6) is 4.76. The lowest BCUT2D eigenvalue weighted by Gasteiger charge is -2.63. The van der Waals surface area contributed by atoms with E-state index < -0.39 is 11.7 Å². The Morgan fingerprint density at radius 2 is 1.73 bits per heavy atom. The lowest BCUT2D eigenvalue weighted by atomic mass is 9.42. The van der Waals surface area contributed by atoms with Crippen LogP contribution in [-0.2, 0) is 0 Å². The Hall–Kier alpha value is -0.610. The van der Waals surface area contributed by atoms with Crippen LogP contribution in [0.3, 0.4) is 0 Å². The van der Waals surface area contributed by atoms with E-state index in [1.165, 1.54) is 38.5 Å². The van der Waals surface area contributed by atoms with Gasteiger partial charge < -0.3 is 15.4 Å². The minimum atomic E-state index is -1.16. The molecule has 0 unspecified atom stereocenters. The molecular weight excluding hydrogens is 410 g/mol. The van der Waals surface area contributed by atoms with Gasteiger partial charge in [0.2, 0.25) is 0 Å². The van der Waals surface area contributed by atoms with E-state index in [9.17, 15) is 15.4 Å². The van der Waals surface area contributed by atoms with Gasteiger partial charge in [-0.25, -0.2) is 0 Å². The Kier molecular flexibility index (Phi) is 7.04. The maximum atomic E-state index is 11.8. The summed E-state index contributed by atoms with van der Waals surface area (Å²) in [5, 5.41) is 35.8. The summed E-state index contributed by atoms with van der Waals surface area (Å²) >= 11 is 0. The van der Waals surface area contributed by atoms with E-state index in [0.29, 0.717) is 41.7 Å². The van der Waals surface area contributed by atoms with E-state index in [4.69, 9.17) is 0 Å². The average Bonchev–Trinajstić information content (AvgIpc) is 3.11. The van der Waals surface area contributed by atoms with Gasteiger partial charge in [-0.3, -0.25) is 0 Å². The van der Waals surface area contributed by atoms with Gasteiger partial charge in [-0.15, -0.1) is 0 Å². The van der Waals surface area contributed by atoms with Gasteiger partial charge in [0.05, 0.1) is 11.8 Å². The van der Waals surface area contributed by atoms with Gasteiger partial charge in [0.25, 0.3) is 0 Å². The summed E-state index contributed by atoms with van der Waals surface area (Å²) in [6.45, 7) is 14.4. The summed E-state index contributed by atoms with van der Waals surface area (Å²) in [6.07, 6.45) is 11.1. The van der Waals surface area contributed by atoms with Crippen LogP contribution in [0.4, 0.5) is 0 Å². The van der Waals surface area contributed by atoms with Crippen molar-refractivity contribution < 1.29 is 15.4 Å². The number of hydrogen-bond donors (Lipinski definition) is 3. The Morgan fingerprint density at radius 3 is 2.36 bits per heavy atom. The Labute approximate surface area is 202 Å². The Bertz CT molecular complexity index is 736. The fourth-order valence-electron chi connectivity index (χ4n) is 9.83. The van der Waals surface area contributed by atoms with Gasteiger partial charge in [-0.1, -0.05) is 59.5 Å². The van der Waals surface area contributed by atoms with Crippen molar-refractivity contribution in [2.75, 3.05) is 0 Å². The number of aliphatic hydroxyl groups excluding tert-OH is 1. The van der Waals surface area contributed by atoms with Crippen LogP contribution in [0.15, 0.2) is 5.16 Å². The van der Waals surface area contributed by atoms with Crippen molar-refractivity contribution in [1.82, 2.24) is 0 Å². The fourth-order valence-corrected chi connectivity index (χ4v) is 9.83. The largest absolute Gasteiger partial charge is 0.411 e. The predicted octanol–water partition coefficient (Wildman–Crippen LogP) is 6.66. The lowest BCUT2D eigenvalue weighted by molar-refractivity contribution is -0.170. The van der Waals surface area contributed by atoms with Gasteiger partial charge in [0.1, 0.15) is 5.60 Å². The molecule has 3 N–H and O–H groups in total. The van der Waals surface area contributed by atoms with Crippen LogP contribution in [0.25, 0.3) is 0 Å². The summed E-state index contributed by atoms with van der Waals surface area (Å²) in [5.41, 5.74) is -0.548. The van der Waals surface area contributed by atoms with Gasteiger partial charge >= 0.3 is 0 Å². The highest BCUT2D eigenvalue weighted by atomic mass is 16.4. The molecule has 190 valence electrons. The molecule has 10 atom stereocenters. The van der Waals surface area contributed by atoms with Gasteiger partial charge in [0.15, 0.2) is 0 Å². The monoisotopic (exact) mass is 461 g/mol. The Balaban J connectivity index is 1.55. The number of aliphatic hydroxyl groups is 2. The van der Waals surface area contributed by atoms with Gasteiger partial charge in [-0.2, -0.15) is 0 Å². The Morgan fingerprint density at radius 1 is 1.00 bits per heavy atom. The molecule has 0 heterocycles. The maximum Gasteiger partial charge on any atom is 0.114 e. The minimum absolute atomic E-state index is 0.298. The van der Waals surface area contributed by atoms with E-state index in [1.807, 2.05) is 0 Å². The van der Waals surface area contributed by atoms with E-state index in [2.05, 4.69) is 46.7 Å². The minimum Gasteiger partial charge on any atom is -0.411 e. The average molecular weight is 462 g/mol. The molecule has 4 nitrogen and oxygen atoms in total. The number of rotatable bonds is 6. The lowest BCUT2D eigenvalue weighted by Crippen LogP contribution is -2.67. The van der Waals surface area contributed by atoms with Crippen molar-refractivity contribution in [3.05, 3.63) is 0 Å². The molecule has 0 saturated heterocycles. The first-order chi connectivity index (χ1) is 15.5. The number of nitrogens with zero attached hydrogens (tertiary/aromatic N) is 1. The topological polar surface area (TPSA) is 73.1 Å². The molecule has 0 aromatic carbocycles. The molecule has 4 rings (SSSR count). The standard InChI is InChI=1S/C29H51NO3/c1-7-20(18(2)3)9-8-19(4)23-10-11-24-22-16-26(30-33)29(32)17-21(31)12-15-28(29,6)25(22)13-14-27(23,24)5/h18-25,31-33H,7-17H2,1-6H3/t19-,20-,21+,22+,23-,24+,25+,27-,28-,29+/m1/s1. The normalized spacial score (nSPS) is 48.3. The zero-order valence-electron chi connectivity index (χ0n) is 22.2. The highest BCUT2D eigenvalue weighted by molar-refractivity contribution is 5.94. The molecule has 4 heteroatoms. The highest BCUT2D eigenvalue weighted by Gasteiger charge is 2.67. The van der Waals surface area contributed by atoms with Gasteiger partial charge in [-0.05, 0) is 98.2 Å². The first-order valence-electron chi connectivity index (χ1n) is 14.1. The van der Waals surface area contributed by atoms with Crippen LogP contribution in [0.1, 0.15) is 112 Å². The summed E-state index contributed by atoms with van der Waals surface area (Å²) in [6, 6.07) is 0. The smallest absolute Gasteiger partial charge is 0.114 e. The summed E-state index contributed by atoms with van der Waals surface area (Å²) in [4.78, 5) is 0. The molecular formula is C29H51NO3. The second kappa shape index (κ2) is 9.12. The van der Waals surface area contributed by atoms with Crippen LogP contribution in [0.5, 0.6) is 0 Å². The third-order valence-electron chi connectivity index (χ3n) is 12.0. The molecule has 4 aliphatic rings. The number of hydrogen-bond acceptors (Lipinski definition) is 4. The van der Waals surface area contributed by atoms with Crippen LogP contribution in [-0.4, -0.2) is 32.8 Å². The van der Waals surface area contributed by atoms with Crippen molar-refractivity contribution in [2.24, 2.45) is 57.4 Å². The first-order valence-corrected chi connectivity index (χ1v) is 14.1. The van der Waals surface area contributed by atoms with Crippen molar-refractivity contribution in [3.8, 4) is 0 Å². The first kappa shape index (κ1) is 25.5. The zero-order chi connectivity index (χ0) is 24.2. The van der Waals surface area contributed by atoms with Crippen molar-refractivity contribution in [1.29, 1.82) is 0 Å². The van der Waals surface area contributed by atoms with Crippen molar-refractivity contribution >= 4 is 5.71 Å². The van der Waals surface area contributed by atoms with Crippen LogP contribution in [0, 0.1) is 52.3 Å². The molecule has 4 aliphatic carbocycles. The van der Waals surface area contributed by atoms with Crippen LogP contribution in [0.2, 0.25) is 0 Å². The molecule has 4 saturated carbocycles. The van der Waals surface area contributed by atoms with Crippen LogP contribution >= 0.6 is 0 Å². The van der Waals surface area contributed by atoms with E-state index in [1.54, 1.807) is 0 Å². The molecule has 0 aromatic heterocycles. The SMILES string of the molecule is CC[C@H](CC[C@@H](C)[C@H]1CC[C@H]2[C@@H]3CC(=NO)[C@@]4(O)C[C@@H](O)CC[C@]4(C)[C@H]3CC[C@]12C)C(C)C. The third-order valence-corrected chi connectivity index (χ3v) is 12.0. The highest BCUT2D eigenvalue weighted by Crippen LogP contribution is 2.68. The van der Waals surface area contributed by atoms with E-state index >= 15 is 0 Å². The molecule has 0 aliphatic heterocycles. The van der Waals surface area contributed by atoms with Crippen molar-refractivity contribution in [3.63, 3.8) is 0 Å². The second-order valence-corrected chi connectivity index (χ2v) is 13.5. The second-order valence-electron chi connectivity index (χ2n) is 13.5. The quantitative estimate of drug-likeness (QED) is 0.306. The summed E-state index contributed by atoms with van der Waals surface area (Å²) in [7, 11) is 0. The maximum absolute atomic E-state index is 11.8. The molecule has 0 spiro atoms. The van der Waals surface area contributed by atoms with Crippen LogP contribution < -0.4 is 0 Å². The van der Waals surface area contributed by atoms with Gasteiger partial charge in [0, 0.05) is 11.8 Å². The summed E-state index contributed by atoms with van der Waals surface area (Å²) < 4.78 is 0. The molecule has 33 heavy (non-hydrogen) atoms. The number of oxime groups is 1. The third kappa shape index (κ3) is 3.90. The molecule has 0 bridgehead atoms. The molecule has 0 aromatic rings. The number of fused-ring (bicyclic) bond motifs is 5. The zero-order valence-corrected chi connectivity index (χ0v) is 22.2. The van der Waals surface area contributed by atoms with Crippen molar-refractivity contribution in [2.45, 2.75) is 124 Å². The van der Waals surface area contributed by atoms with E-state index in [0.717, 1.165) is 42.9 Å². The molecule has 4 fully saturated rings. The molecule has 0 radical (unpaired) electrons. The molecule has 0 amide bonds.